The second-order valence-corrected chi connectivity index (χ2v) is 3.56. The van der Waals surface area contributed by atoms with Crippen LogP contribution in [-0.2, 0) is 6.42 Å². The van der Waals surface area contributed by atoms with Gasteiger partial charge in [0.15, 0.2) is 0 Å². The lowest BCUT2D eigenvalue weighted by Gasteiger charge is -2.22. The van der Waals surface area contributed by atoms with E-state index in [0.29, 0.717) is 0 Å². The fourth-order valence-corrected chi connectivity index (χ4v) is 1.93. The molecule has 66 valence electrons. The van der Waals surface area contributed by atoms with Crippen molar-refractivity contribution >= 4 is 0 Å². The molecular weight excluding hydrogens is 158 g/mol. The van der Waals surface area contributed by atoms with Crippen LogP contribution < -0.4 is 5.73 Å². The van der Waals surface area contributed by atoms with Gasteiger partial charge in [0, 0.05) is 11.6 Å². The number of aryl methyl sites for hydroxylation is 1. The normalized spacial score (nSPS) is 20.5. The largest absolute Gasteiger partial charge is 0.324 e. The fraction of sp³-hybridized carbons (Fsp3) is 0.333. The Morgan fingerprint density at radius 2 is 2.31 bits per heavy atom. The number of fused-ring (bicyclic) bond motifs is 1. The molecule has 0 aliphatic heterocycles. The van der Waals surface area contributed by atoms with Gasteiger partial charge in [-0.3, -0.25) is 0 Å². The highest BCUT2D eigenvalue weighted by molar-refractivity contribution is 5.42. The third-order valence-electron chi connectivity index (χ3n) is 2.67. The minimum Gasteiger partial charge on any atom is -0.324 e. The Hall–Kier alpha value is -1.26. The summed E-state index contributed by atoms with van der Waals surface area (Å²) in [5, 5.41) is 0. The quantitative estimate of drug-likeness (QED) is 0.594. The van der Waals surface area contributed by atoms with Crippen molar-refractivity contribution in [3.63, 3.8) is 0 Å². The highest BCUT2D eigenvalue weighted by Gasteiger charge is 2.16. The molecule has 0 amide bonds. The van der Waals surface area contributed by atoms with Crippen LogP contribution in [0.5, 0.6) is 0 Å². The van der Waals surface area contributed by atoms with Crippen molar-refractivity contribution < 1.29 is 0 Å². The summed E-state index contributed by atoms with van der Waals surface area (Å²) in [6.07, 6.45) is 8.77. The number of terminal acetylenes is 1. The van der Waals surface area contributed by atoms with Crippen LogP contribution in [0.2, 0.25) is 0 Å². The first-order chi connectivity index (χ1) is 6.31. The number of rotatable bonds is 0. The van der Waals surface area contributed by atoms with Crippen LogP contribution in [0.4, 0.5) is 0 Å². The molecule has 0 saturated heterocycles. The lowest BCUT2D eigenvalue weighted by atomic mass is 9.87. The molecule has 1 heteroatoms. The maximum atomic E-state index is 6.00. The van der Waals surface area contributed by atoms with Crippen molar-refractivity contribution in [2.45, 2.75) is 25.3 Å². The zero-order valence-corrected chi connectivity index (χ0v) is 7.59. The summed E-state index contributed by atoms with van der Waals surface area (Å²) in [6.45, 7) is 0. The van der Waals surface area contributed by atoms with E-state index in [9.17, 15) is 0 Å². The van der Waals surface area contributed by atoms with Gasteiger partial charge in [0.2, 0.25) is 0 Å². The van der Waals surface area contributed by atoms with Gasteiger partial charge in [0.25, 0.3) is 0 Å². The molecule has 1 aliphatic rings. The van der Waals surface area contributed by atoms with E-state index < -0.39 is 0 Å². The van der Waals surface area contributed by atoms with Crippen molar-refractivity contribution in [3.05, 3.63) is 34.9 Å². The van der Waals surface area contributed by atoms with E-state index >= 15 is 0 Å². The Morgan fingerprint density at radius 1 is 1.46 bits per heavy atom. The van der Waals surface area contributed by atoms with E-state index in [4.69, 9.17) is 12.2 Å². The van der Waals surface area contributed by atoms with E-state index in [1.165, 1.54) is 17.5 Å². The van der Waals surface area contributed by atoms with Gasteiger partial charge in [0.1, 0.15) is 0 Å². The van der Waals surface area contributed by atoms with Gasteiger partial charge >= 0.3 is 0 Å². The number of nitrogens with two attached hydrogens (primary N) is 1. The molecule has 0 spiro atoms. The Labute approximate surface area is 79.0 Å². The van der Waals surface area contributed by atoms with E-state index in [1.807, 2.05) is 6.07 Å². The molecule has 0 radical (unpaired) electrons. The number of hydrogen-bond acceptors (Lipinski definition) is 1. The van der Waals surface area contributed by atoms with Gasteiger partial charge in [-0.05, 0) is 42.5 Å². The van der Waals surface area contributed by atoms with Gasteiger partial charge < -0.3 is 5.73 Å². The predicted molar refractivity (Wildman–Crippen MR) is 54.2 cm³/mol. The second kappa shape index (κ2) is 3.24. The average molecular weight is 171 g/mol. The third-order valence-corrected chi connectivity index (χ3v) is 2.67. The van der Waals surface area contributed by atoms with Crippen LogP contribution in [0, 0.1) is 12.3 Å². The lowest BCUT2D eigenvalue weighted by molar-refractivity contribution is 0.570. The molecule has 0 bridgehead atoms. The summed E-state index contributed by atoms with van der Waals surface area (Å²) in [6, 6.07) is 6.36. The maximum absolute atomic E-state index is 6.00. The molecule has 13 heavy (non-hydrogen) atoms. The molecule has 0 fully saturated rings. The molecule has 1 unspecified atom stereocenters. The van der Waals surface area contributed by atoms with Crippen molar-refractivity contribution in [1.82, 2.24) is 0 Å². The molecule has 1 nitrogen and oxygen atoms in total. The molecule has 1 aromatic rings. The Kier molecular flexibility index (Phi) is 2.08. The van der Waals surface area contributed by atoms with Crippen molar-refractivity contribution in [2.75, 3.05) is 0 Å². The summed E-state index contributed by atoms with van der Waals surface area (Å²) >= 11 is 0. The van der Waals surface area contributed by atoms with E-state index in [2.05, 4.69) is 18.1 Å². The van der Waals surface area contributed by atoms with Crippen molar-refractivity contribution in [2.24, 2.45) is 5.73 Å². The molecular formula is C12H13N. The summed E-state index contributed by atoms with van der Waals surface area (Å²) in [5.74, 6) is 2.64. The van der Waals surface area contributed by atoms with Crippen molar-refractivity contribution in [3.8, 4) is 12.3 Å². The first kappa shape index (κ1) is 8.34. The predicted octanol–water partition coefficient (Wildman–Crippen LogP) is 2.00. The maximum Gasteiger partial charge on any atom is 0.0298 e. The van der Waals surface area contributed by atoms with Crippen LogP contribution >= 0.6 is 0 Å². The molecule has 0 heterocycles. The Bertz CT molecular complexity index is 360. The third kappa shape index (κ3) is 1.46. The fourth-order valence-electron chi connectivity index (χ4n) is 1.93. The SMILES string of the molecule is C#Cc1ccc2c(c1)C(N)CCC2. The molecule has 1 aliphatic carbocycles. The summed E-state index contributed by atoms with van der Waals surface area (Å²) in [7, 11) is 0. The van der Waals surface area contributed by atoms with E-state index in [-0.39, 0.29) is 6.04 Å². The standard InChI is InChI=1S/C12H13N/c1-2-9-6-7-10-4-3-5-12(13)11(10)8-9/h1,6-8,12H,3-5,13H2. The summed E-state index contributed by atoms with van der Waals surface area (Å²) < 4.78 is 0. The highest BCUT2D eigenvalue weighted by atomic mass is 14.6. The van der Waals surface area contributed by atoms with Crippen LogP contribution in [-0.4, -0.2) is 0 Å². The zero-order chi connectivity index (χ0) is 9.26. The summed E-state index contributed by atoms with van der Waals surface area (Å²) in [4.78, 5) is 0. The monoisotopic (exact) mass is 171 g/mol. The zero-order valence-electron chi connectivity index (χ0n) is 7.59. The Morgan fingerprint density at radius 3 is 3.08 bits per heavy atom. The van der Waals surface area contributed by atoms with Crippen LogP contribution in [0.25, 0.3) is 0 Å². The van der Waals surface area contributed by atoms with Gasteiger partial charge in [-0.2, -0.15) is 0 Å². The van der Waals surface area contributed by atoms with Gasteiger partial charge in [-0.25, -0.2) is 0 Å². The Balaban J connectivity index is 2.48. The van der Waals surface area contributed by atoms with Crippen LogP contribution in [0.15, 0.2) is 18.2 Å². The molecule has 2 N–H and O–H groups in total. The van der Waals surface area contributed by atoms with Crippen LogP contribution in [0.3, 0.4) is 0 Å². The van der Waals surface area contributed by atoms with E-state index in [0.717, 1.165) is 18.4 Å². The average Bonchev–Trinajstić information content (AvgIpc) is 2.18. The van der Waals surface area contributed by atoms with Gasteiger partial charge in [-0.15, -0.1) is 6.42 Å². The molecule has 0 aromatic heterocycles. The van der Waals surface area contributed by atoms with Gasteiger partial charge in [0.05, 0.1) is 0 Å². The minimum atomic E-state index is 0.192. The number of hydrogen-bond donors (Lipinski definition) is 1. The summed E-state index contributed by atoms with van der Waals surface area (Å²) in [5.41, 5.74) is 9.57. The smallest absolute Gasteiger partial charge is 0.0298 e. The minimum absolute atomic E-state index is 0.192. The second-order valence-electron chi connectivity index (χ2n) is 3.56. The first-order valence-electron chi connectivity index (χ1n) is 4.66. The van der Waals surface area contributed by atoms with Crippen LogP contribution in [0.1, 0.15) is 35.6 Å². The lowest BCUT2D eigenvalue weighted by Crippen LogP contribution is -2.17. The molecule has 0 saturated carbocycles. The van der Waals surface area contributed by atoms with E-state index in [1.54, 1.807) is 0 Å². The topological polar surface area (TPSA) is 26.0 Å². The molecule has 2 rings (SSSR count). The highest BCUT2D eigenvalue weighted by Crippen LogP contribution is 2.28. The van der Waals surface area contributed by atoms with Crippen molar-refractivity contribution in [1.29, 1.82) is 0 Å². The number of benzene rings is 1. The van der Waals surface area contributed by atoms with Gasteiger partial charge in [-0.1, -0.05) is 12.0 Å². The molecule has 1 atom stereocenters. The first-order valence-corrected chi connectivity index (χ1v) is 4.66. The molecule has 1 aromatic carbocycles.